The summed E-state index contributed by atoms with van der Waals surface area (Å²) in [4.78, 5) is 0. The largest absolute Gasteiger partial charge is 0.330 e. The van der Waals surface area contributed by atoms with Crippen LogP contribution < -0.4 is 5.73 Å². The minimum atomic E-state index is 0.693. The first kappa shape index (κ1) is 7.07. The lowest BCUT2D eigenvalue weighted by molar-refractivity contribution is 0.405. The third-order valence-corrected chi connectivity index (χ3v) is 2.35. The molecule has 1 atom stereocenters. The number of hydrogen-bond donors (Lipinski definition) is 1. The van der Waals surface area contributed by atoms with Gasteiger partial charge < -0.3 is 5.73 Å². The molecule has 54 valence electrons. The van der Waals surface area contributed by atoms with E-state index >= 15 is 0 Å². The molecule has 9 heavy (non-hydrogen) atoms. The molecular formula is C8H17N. The van der Waals surface area contributed by atoms with Crippen LogP contribution in [0.1, 0.15) is 33.1 Å². The van der Waals surface area contributed by atoms with E-state index in [0.29, 0.717) is 5.41 Å². The molecule has 1 unspecified atom stereocenters. The summed E-state index contributed by atoms with van der Waals surface area (Å²) in [7, 11) is 0. The molecule has 0 bridgehead atoms. The van der Waals surface area contributed by atoms with Crippen molar-refractivity contribution in [2.75, 3.05) is 6.54 Å². The minimum Gasteiger partial charge on any atom is -0.330 e. The zero-order valence-electron chi connectivity index (χ0n) is 6.48. The van der Waals surface area contributed by atoms with E-state index in [1.807, 2.05) is 0 Å². The van der Waals surface area contributed by atoms with Crippen LogP contribution in [0, 0.1) is 11.3 Å². The van der Waals surface area contributed by atoms with Crippen molar-refractivity contribution in [3.05, 3.63) is 0 Å². The smallest absolute Gasteiger partial charge is 0.00513 e. The fourth-order valence-electron chi connectivity index (χ4n) is 1.34. The molecule has 1 aliphatic carbocycles. The van der Waals surface area contributed by atoms with Crippen LogP contribution in [0.15, 0.2) is 0 Å². The van der Waals surface area contributed by atoms with E-state index in [0.717, 1.165) is 12.5 Å². The summed E-state index contributed by atoms with van der Waals surface area (Å²) in [5.41, 5.74) is 6.20. The summed E-state index contributed by atoms with van der Waals surface area (Å²) >= 11 is 0. The normalized spacial score (nSPS) is 25.7. The highest BCUT2D eigenvalue weighted by molar-refractivity contribution is 4.89. The molecule has 0 heterocycles. The summed E-state index contributed by atoms with van der Waals surface area (Å²) in [5, 5.41) is 0. The van der Waals surface area contributed by atoms with Gasteiger partial charge in [0.2, 0.25) is 0 Å². The second-order valence-corrected chi connectivity index (χ2v) is 3.86. The van der Waals surface area contributed by atoms with Crippen LogP contribution in [0.4, 0.5) is 0 Å². The Morgan fingerprint density at radius 3 is 2.44 bits per heavy atom. The van der Waals surface area contributed by atoms with E-state index in [1.54, 1.807) is 0 Å². The van der Waals surface area contributed by atoms with Crippen molar-refractivity contribution in [3.8, 4) is 0 Å². The molecule has 0 spiro atoms. The van der Waals surface area contributed by atoms with Gasteiger partial charge in [0.15, 0.2) is 0 Å². The van der Waals surface area contributed by atoms with Crippen LogP contribution in [-0.2, 0) is 0 Å². The lowest BCUT2D eigenvalue weighted by atomic mass is 9.95. The SMILES string of the molecule is CC(CN)CC1(C)CC1. The van der Waals surface area contributed by atoms with Gasteiger partial charge in [-0.05, 0) is 37.1 Å². The Balaban J connectivity index is 2.17. The van der Waals surface area contributed by atoms with E-state index in [4.69, 9.17) is 5.73 Å². The Bertz CT molecular complexity index is 94.7. The molecule has 0 radical (unpaired) electrons. The van der Waals surface area contributed by atoms with Crippen LogP contribution in [0.2, 0.25) is 0 Å². The Kier molecular flexibility index (Phi) is 1.80. The third kappa shape index (κ3) is 1.98. The summed E-state index contributed by atoms with van der Waals surface area (Å²) in [6, 6.07) is 0. The van der Waals surface area contributed by atoms with Gasteiger partial charge in [-0.2, -0.15) is 0 Å². The van der Waals surface area contributed by atoms with Gasteiger partial charge in [0.1, 0.15) is 0 Å². The molecule has 0 saturated heterocycles. The lowest BCUT2D eigenvalue weighted by Gasteiger charge is -2.12. The zero-order valence-corrected chi connectivity index (χ0v) is 6.48. The molecule has 0 aliphatic heterocycles. The predicted octanol–water partition coefficient (Wildman–Crippen LogP) is 1.77. The molecule has 0 amide bonds. The molecule has 1 fully saturated rings. The average Bonchev–Trinajstić information content (AvgIpc) is 2.48. The first-order valence-corrected chi connectivity index (χ1v) is 3.86. The molecule has 0 aromatic carbocycles. The van der Waals surface area contributed by atoms with E-state index in [1.165, 1.54) is 19.3 Å². The molecule has 1 heteroatoms. The van der Waals surface area contributed by atoms with Crippen molar-refractivity contribution in [2.24, 2.45) is 17.1 Å². The van der Waals surface area contributed by atoms with Crippen LogP contribution in [0.5, 0.6) is 0 Å². The summed E-state index contributed by atoms with van der Waals surface area (Å²) in [6.45, 7) is 5.46. The van der Waals surface area contributed by atoms with Gasteiger partial charge in [-0.3, -0.25) is 0 Å². The quantitative estimate of drug-likeness (QED) is 0.614. The van der Waals surface area contributed by atoms with Crippen molar-refractivity contribution < 1.29 is 0 Å². The van der Waals surface area contributed by atoms with Gasteiger partial charge in [-0.25, -0.2) is 0 Å². The number of hydrogen-bond acceptors (Lipinski definition) is 1. The van der Waals surface area contributed by atoms with Crippen molar-refractivity contribution in [1.82, 2.24) is 0 Å². The highest BCUT2D eigenvalue weighted by Gasteiger charge is 2.37. The van der Waals surface area contributed by atoms with Crippen LogP contribution in [-0.4, -0.2) is 6.54 Å². The Labute approximate surface area is 57.6 Å². The van der Waals surface area contributed by atoms with Gasteiger partial charge in [0.05, 0.1) is 0 Å². The van der Waals surface area contributed by atoms with Crippen LogP contribution in [0.25, 0.3) is 0 Å². The molecule has 1 aliphatic rings. The Hall–Kier alpha value is -0.0400. The highest BCUT2D eigenvalue weighted by atomic mass is 14.6. The van der Waals surface area contributed by atoms with Gasteiger partial charge >= 0.3 is 0 Å². The predicted molar refractivity (Wildman–Crippen MR) is 40.2 cm³/mol. The second kappa shape index (κ2) is 2.30. The fourth-order valence-corrected chi connectivity index (χ4v) is 1.34. The molecule has 0 aromatic heterocycles. The maximum atomic E-state index is 5.51. The van der Waals surface area contributed by atoms with E-state index in [9.17, 15) is 0 Å². The Morgan fingerprint density at radius 1 is 1.56 bits per heavy atom. The van der Waals surface area contributed by atoms with E-state index in [2.05, 4.69) is 13.8 Å². The fraction of sp³-hybridized carbons (Fsp3) is 1.00. The monoisotopic (exact) mass is 127 g/mol. The van der Waals surface area contributed by atoms with Crippen molar-refractivity contribution in [2.45, 2.75) is 33.1 Å². The maximum Gasteiger partial charge on any atom is -0.00513 e. The summed E-state index contributed by atoms with van der Waals surface area (Å²) in [5.74, 6) is 0.734. The van der Waals surface area contributed by atoms with E-state index < -0.39 is 0 Å². The zero-order chi connectivity index (χ0) is 6.91. The van der Waals surface area contributed by atoms with E-state index in [-0.39, 0.29) is 0 Å². The van der Waals surface area contributed by atoms with Gasteiger partial charge in [0.25, 0.3) is 0 Å². The second-order valence-electron chi connectivity index (χ2n) is 3.86. The topological polar surface area (TPSA) is 26.0 Å². The molecule has 0 aromatic rings. The van der Waals surface area contributed by atoms with Gasteiger partial charge in [-0.15, -0.1) is 0 Å². The number of rotatable bonds is 3. The summed E-state index contributed by atoms with van der Waals surface area (Å²) in [6.07, 6.45) is 4.19. The van der Waals surface area contributed by atoms with Crippen molar-refractivity contribution in [1.29, 1.82) is 0 Å². The maximum absolute atomic E-state index is 5.51. The molecule has 1 nitrogen and oxygen atoms in total. The van der Waals surface area contributed by atoms with Crippen molar-refractivity contribution >= 4 is 0 Å². The molecule has 2 N–H and O–H groups in total. The van der Waals surface area contributed by atoms with Gasteiger partial charge in [0, 0.05) is 0 Å². The number of nitrogens with two attached hydrogens (primary N) is 1. The van der Waals surface area contributed by atoms with Gasteiger partial charge in [-0.1, -0.05) is 13.8 Å². The first-order valence-electron chi connectivity index (χ1n) is 3.86. The van der Waals surface area contributed by atoms with Crippen molar-refractivity contribution in [3.63, 3.8) is 0 Å². The van der Waals surface area contributed by atoms with Crippen LogP contribution >= 0.6 is 0 Å². The molecule has 1 saturated carbocycles. The molecule has 1 rings (SSSR count). The Morgan fingerprint density at radius 2 is 2.11 bits per heavy atom. The molecular weight excluding hydrogens is 110 g/mol. The minimum absolute atomic E-state index is 0.693. The lowest BCUT2D eigenvalue weighted by Crippen LogP contribution is -2.14. The average molecular weight is 127 g/mol. The van der Waals surface area contributed by atoms with Crippen LogP contribution in [0.3, 0.4) is 0 Å². The standard InChI is InChI=1S/C8H17N/c1-7(6-9)5-8(2)3-4-8/h7H,3-6,9H2,1-2H3. The first-order chi connectivity index (χ1) is 4.16. The third-order valence-electron chi connectivity index (χ3n) is 2.35. The summed E-state index contributed by atoms with van der Waals surface area (Å²) < 4.78 is 0. The highest BCUT2D eigenvalue weighted by Crippen LogP contribution is 2.49.